The van der Waals surface area contributed by atoms with Crippen molar-refractivity contribution >= 4 is 33.9 Å². The standard InChI is InChI=1S/C28H26ClFN8/c1-27(2,3)16-34-24-18(12-31)13-33-26-21(24)10-20(11-22(26)29)35-25(17-4-6-19(30)7-5-17)23-14-38(37-36-23)28(15-32)8-9-28/h4-7,10-11,13-14,25,35H,8-9,16H2,1-3H3,(H,33,34). The van der Waals surface area contributed by atoms with E-state index in [4.69, 9.17) is 11.6 Å². The van der Waals surface area contributed by atoms with Crippen molar-refractivity contribution in [2.45, 2.75) is 45.2 Å². The van der Waals surface area contributed by atoms with Crippen molar-refractivity contribution < 1.29 is 4.39 Å². The Kier molecular flexibility index (Phi) is 6.42. The summed E-state index contributed by atoms with van der Waals surface area (Å²) in [5, 5.41) is 35.9. The molecule has 5 rings (SSSR count). The van der Waals surface area contributed by atoms with Crippen molar-refractivity contribution in [3.8, 4) is 12.1 Å². The third-order valence-corrected chi connectivity index (χ3v) is 6.82. The van der Waals surface area contributed by atoms with Crippen molar-refractivity contribution in [2.75, 3.05) is 17.2 Å². The van der Waals surface area contributed by atoms with Gasteiger partial charge in [-0.25, -0.2) is 9.07 Å². The maximum atomic E-state index is 13.7. The van der Waals surface area contributed by atoms with Crippen molar-refractivity contribution in [1.29, 1.82) is 10.5 Å². The van der Waals surface area contributed by atoms with Crippen molar-refractivity contribution in [2.24, 2.45) is 5.41 Å². The van der Waals surface area contributed by atoms with Crippen LogP contribution in [-0.4, -0.2) is 26.5 Å². The second kappa shape index (κ2) is 9.59. The molecule has 1 aliphatic carbocycles. The molecule has 1 fully saturated rings. The lowest BCUT2D eigenvalue weighted by Crippen LogP contribution is -2.20. The second-order valence-electron chi connectivity index (χ2n) is 10.8. The van der Waals surface area contributed by atoms with Gasteiger partial charge in [0.25, 0.3) is 0 Å². The van der Waals surface area contributed by atoms with Crippen LogP contribution in [0.1, 0.15) is 56.5 Å². The summed E-state index contributed by atoms with van der Waals surface area (Å²) in [6, 6.07) is 13.8. The molecule has 0 radical (unpaired) electrons. The number of halogens is 2. The minimum absolute atomic E-state index is 0.0240. The van der Waals surface area contributed by atoms with E-state index in [1.54, 1.807) is 29.1 Å². The molecule has 4 aromatic rings. The summed E-state index contributed by atoms with van der Waals surface area (Å²) >= 11 is 6.68. The first-order valence-electron chi connectivity index (χ1n) is 12.2. The molecule has 1 aliphatic rings. The van der Waals surface area contributed by atoms with E-state index in [-0.39, 0.29) is 11.2 Å². The SMILES string of the molecule is CC(C)(C)CNc1c(C#N)cnc2c(Cl)cc(NC(c3ccc(F)cc3)c3cn(C4(C#N)CC4)nn3)cc12. The molecule has 1 unspecified atom stereocenters. The fourth-order valence-corrected chi connectivity index (χ4v) is 4.52. The van der Waals surface area contributed by atoms with Gasteiger partial charge in [-0.1, -0.05) is 49.7 Å². The molecule has 8 nitrogen and oxygen atoms in total. The third-order valence-electron chi connectivity index (χ3n) is 6.53. The van der Waals surface area contributed by atoms with Crippen LogP contribution in [0.25, 0.3) is 10.9 Å². The highest BCUT2D eigenvalue weighted by Crippen LogP contribution is 2.42. The van der Waals surface area contributed by atoms with Crippen LogP contribution in [0.15, 0.2) is 48.8 Å². The van der Waals surface area contributed by atoms with Crippen molar-refractivity contribution in [3.63, 3.8) is 0 Å². The highest BCUT2D eigenvalue weighted by Gasteiger charge is 2.46. The van der Waals surface area contributed by atoms with Gasteiger partial charge >= 0.3 is 0 Å². The Morgan fingerprint density at radius 2 is 1.92 bits per heavy atom. The normalized spacial score (nSPS) is 14.9. The molecule has 1 atom stereocenters. The molecule has 0 bridgehead atoms. The van der Waals surface area contributed by atoms with Gasteiger partial charge in [0.15, 0.2) is 5.54 Å². The van der Waals surface area contributed by atoms with Crippen molar-refractivity contribution in [3.05, 3.63) is 76.5 Å². The van der Waals surface area contributed by atoms with Crippen molar-refractivity contribution in [1.82, 2.24) is 20.0 Å². The van der Waals surface area contributed by atoms with Gasteiger partial charge in [-0.3, -0.25) is 4.98 Å². The number of anilines is 2. The first-order valence-corrected chi connectivity index (χ1v) is 12.6. The molecule has 0 amide bonds. The number of benzene rings is 2. The number of hydrogen-bond donors (Lipinski definition) is 2. The maximum Gasteiger partial charge on any atom is 0.150 e. The monoisotopic (exact) mass is 528 g/mol. The summed E-state index contributed by atoms with van der Waals surface area (Å²) in [7, 11) is 0. The Morgan fingerprint density at radius 1 is 1.18 bits per heavy atom. The average molecular weight is 529 g/mol. The van der Waals surface area contributed by atoms with E-state index in [9.17, 15) is 14.9 Å². The predicted molar refractivity (Wildman–Crippen MR) is 144 cm³/mol. The highest BCUT2D eigenvalue weighted by atomic mass is 35.5. The Labute approximate surface area is 225 Å². The number of fused-ring (bicyclic) bond motifs is 1. The number of aromatic nitrogens is 4. The Hall–Kier alpha value is -4.21. The van der Waals surface area contributed by atoms with Gasteiger partial charge in [0.1, 0.15) is 17.6 Å². The summed E-state index contributed by atoms with van der Waals surface area (Å²) < 4.78 is 15.4. The van der Waals surface area contributed by atoms with E-state index >= 15 is 0 Å². The Balaban J connectivity index is 1.58. The summed E-state index contributed by atoms with van der Waals surface area (Å²) in [4.78, 5) is 4.43. The van der Waals surface area contributed by atoms with Crippen LogP contribution in [0.2, 0.25) is 5.02 Å². The van der Waals surface area contributed by atoms with Crippen LogP contribution in [0.3, 0.4) is 0 Å². The smallest absolute Gasteiger partial charge is 0.150 e. The lowest BCUT2D eigenvalue weighted by Gasteiger charge is -2.22. The number of nitriles is 2. The summed E-state index contributed by atoms with van der Waals surface area (Å²) in [6.07, 6.45) is 4.72. The maximum absolute atomic E-state index is 13.7. The molecule has 0 saturated heterocycles. The van der Waals surface area contributed by atoms with Crippen LogP contribution >= 0.6 is 11.6 Å². The highest BCUT2D eigenvalue weighted by molar-refractivity contribution is 6.35. The van der Waals surface area contributed by atoms with Gasteiger partial charge in [-0.05, 0) is 48.1 Å². The summed E-state index contributed by atoms with van der Waals surface area (Å²) in [5.74, 6) is -0.351. The molecule has 2 N–H and O–H groups in total. The van der Waals surface area contributed by atoms with E-state index < -0.39 is 11.6 Å². The average Bonchev–Trinajstić information content (AvgIpc) is 3.53. The molecule has 192 valence electrons. The first kappa shape index (κ1) is 25.4. The van der Waals surface area contributed by atoms with Gasteiger partial charge in [-0.15, -0.1) is 5.10 Å². The third kappa shape index (κ3) is 4.98. The van der Waals surface area contributed by atoms with E-state index in [1.807, 2.05) is 6.07 Å². The van der Waals surface area contributed by atoms with Crippen LogP contribution in [0.5, 0.6) is 0 Å². The molecule has 10 heteroatoms. The van der Waals surface area contributed by atoms with E-state index in [0.29, 0.717) is 45.1 Å². The van der Waals surface area contributed by atoms with Gasteiger partial charge in [0, 0.05) is 23.8 Å². The van der Waals surface area contributed by atoms with Gasteiger partial charge < -0.3 is 10.6 Å². The summed E-state index contributed by atoms with van der Waals surface area (Å²) in [6.45, 7) is 6.95. The zero-order chi connectivity index (χ0) is 27.1. The van der Waals surface area contributed by atoms with Gasteiger partial charge in [0.2, 0.25) is 0 Å². The second-order valence-corrected chi connectivity index (χ2v) is 11.2. The van der Waals surface area contributed by atoms with Gasteiger partial charge in [-0.2, -0.15) is 10.5 Å². The lowest BCUT2D eigenvalue weighted by atomic mass is 9.96. The van der Waals surface area contributed by atoms with Crippen LogP contribution in [0.4, 0.5) is 15.8 Å². The Bertz CT molecular complexity index is 1590. The van der Waals surface area contributed by atoms with E-state index in [0.717, 1.165) is 18.4 Å². The minimum atomic E-state index is -0.655. The van der Waals surface area contributed by atoms with Gasteiger partial charge in [0.05, 0.1) is 40.1 Å². The Morgan fingerprint density at radius 3 is 2.55 bits per heavy atom. The largest absolute Gasteiger partial charge is 0.383 e. The molecule has 2 aromatic heterocycles. The van der Waals surface area contributed by atoms with Crippen LogP contribution in [-0.2, 0) is 5.54 Å². The number of hydrogen-bond acceptors (Lipinski definition) is 7. The van der Waals surface area contributed by atoms with Crippen LogP contribution in [0, 0.1) is 33.9 Å². The zero-order valence-corrected chi connectivity index (χ0v) is 22.0. The zero-order valence-electron chi connectivity index (χ0n) is 21.3. The summed E-state index contributed by atoms with van der Waals surface area (Å²) in [5.41, 5.74) is 2.95. The number of pyridine rings is 1. The molecule has 38 heavy (non-hydrogen) atoms. The molecule has 2 aromatic carbocycles. The molecule has 2 heterocycles. The predicted octanol–water partition coefficient (Wildman–Crippen LogP) is 6.16. The molecule has 0 spiro atoms. The number of nitrogens with zero attached hydrogens (tertiary/aromatic N) is 6. The fraction of sp³-hybridized carbons (Fsp3) is 0.321. The van der Waals surface area contributed by atoms with Crippen LogP contribution < -0.4 is 10.6 Å². The quantitative estimate of drug-likeness (QED) is 0.295. The minimum Gasteiger partial charge on any atom is -0.383 e. The van der Waals surface area contributed by atoms with E-state index in [1.165, 1.54) is 18.3 Å². The number of rotatable bonds is 7. The molecule has 1 saturated carbocycles. The molecular weight excluding hydrogens is 503 g/mol. The fourth-order valence-electron chi connectivity index (χ4n) is 4.25. The molecule has 0 aliphatic heterocycles. The molecular formula is C28H26ClFN8. The first-order chi connectivity index (χ1) is 18.1. The number of nitrogens with one attached hydrogen (secondary N) is 2. The van der Waals surface area contributed by atoms with E-state index in [2.05, 4.69) is 58.8 Å². The lowest BCUT2D eigenvalue weighted by molar-refractivity contribution is 0.443. The topological polar surface area (TPSA) is 115 Å².